The van der Waals surface area contributed by atoms with Crippen molar-refractivity contribution in [3.8, 4) is 0 Å². The summed E-state index contributed by atoms with van der Waals surface area (Å²) >= 11 is 0. The van der Waals surface area contributed by atoms with E-state index in [1.807, 2.05) is 0 Å². The number of aliphatic hydroxyl groups is 1. The summed E-state index contributed by atoms with van der Waals surface area (Å²) in [5.74, 6) is 1.72. The van der Waals surface area contributed by atoms with Crippen molar-refractivity contribution in [1.29, 1.82) is 0 Å². The summed E-state index contributed by atoms with van der Waals surface area (Å²) in [4.78, 5) is 0. The lowest BCUT2D eigenvalue weighted by molar-refractivity contribution is -0.0777. The molecule has 0 spiro atoms. The summed E-state index contributed by atoms with van der Waals surface area (Å²) in [5.41, 5.74) is -0.470. The predicted molar refractivity (Wildman–Crippen MR) is 64.8 cm³/mol. The second-order valence-electron chi connectivity index (χ2n) is 5.62. The smallest absolute Gasteiger partial charge is 0.0804 e. The van der Waals surface area contributed by atoms with Gasteiger partial charge in [-0.1, -0.05) is 34.1 Å². The maximum atomic E-state index is 10.7. The minimum absolute atomic E-state index is 0.466. The van der Waals surface area contributed by atoms with Gasteiger partial charge in [-0.2, -0.15) is 0 Å². The summed E-state index contributed by atoms with van der Waals surface area (Å²) < 4.78 is 0. The van der Waals surface area contributed by atoms with Crippen LogP contribution in [0, 0.1) is 17.8 Å². The van der Waals surface area contributed by atoms with Crippen molar-refractivity contribution in [2.45, 2.75) is 52.6 Å². The molecule has 1 rings (SSSR count). The van der Waals surface area contributed by atoms with Crippen molar-refractivity contribution in [1.82, 2.24) is 5.32 Å². The Morgan fingerprint density at radius 1 is 1.40 bits per heavy atom. The minimum Gasteiger partial charge on any atom is -0.388 e. The second kappa shape index (κ2) is 5.31. The maximum absolute atomic E-state index is 10.7. The molecular formula is C13H27NO. The van der Waals surface area contributed by atoms with Gasteiger partial charge in [0.15, 0.2) is 0 Å². The standard InChI is InChI=1S/C13H27NO/c1-5-14-9-13(15)8-11(4)6-7-12(13)10(2)3/h10-12,14-15H,5-9H2,1-4H3. The van der Waals surface area contributed by atoms with Crippen LogP contribution in [0.1, 0.15) is 47.0 Å². The van der Waals surface area contributed by atoms with E-state index in [0.29, 0.717) is 17.8 Å². The Kier molecular flexibility index (Phi) is 4.60. The Morgan fingerprint density at radius 3 is 2.60 bits per heavy atom. The fourth-order valence-corrected chi connectivity index (χ4v) is 3.09. The van der Waals surface area contributed by atoms with Crippen molar-refractivity contribution in [3.63, 3.8) is 0 Å². The predicted octanol–water partition coefficient (Wildman–Crippen LogP) is 2.42. The molecule has 1 aliphatic rings. The zero-order chi connectivity index (χ0) is 11.5. The van der Waals surface area contributed by atoms with Gasteiger partial charge in [0.2, 0.25) is 0 Å². The SMILES string of the molecule is CCNCC1(O)CC(C)CCC1C(C)C. The van der Waals surface area contributed by atoms with Gasteiger partial charge in [-0.25, -0.2) is 0 Å². The van der Waals surface area contributed by atoms with Crippen LogP contribution in [0.15, 0.2) is 0 Å². The van der Waals surface area contributed by atoms with E-state index in [-0.39, 0.29) is 0 Å². The van der Waals surface area contributed by atoms with E-state index in [0.717, 1.165) is 19.5 Å². The van der Waals surface area contributed by atoms with Gasteiger partial charge in [-0.15, -0.1) is 0 Å². The fourth-order valence-electron chi connectivity index (χ4n) is 3.09. The summed E-state index contributed by atoms with van der Waals surface area (Å²) in [6.45, 7) is 10.5. The third kappa shape index (κ3) is 3.18. The fraction of sp³-hybridized carbons (Fsp3) is 1.00. The van der Waals surface area contributed by atoms with E-state index in [9.17, 15) is 5.11 Å². The van der Waals surface area contributed by atoms with Gasteiger partial charge >= 0.3 is 0 Å². The third-order valence-electron chi connectivity index (χ3n) is 3.85. The van der Waals surface area contributed by atoms with Gasteiger partial charge in [0.05, 0.1) is 5.60 Å². The Hall–Kier alpha value is -0.0800. The van der Waals surface area contributed by atoms with Crippen LogP contribution >= 0.6 is 0 Å². The maximum Gasteiger partial charge on any atom is 0.0804 e. The molecule has 3 unspecified atom stereocenters. The highest BCUT2D eigenvalue weighted by Gasteiger charge is 2.42. The van der Waals surface area contributed by atoms with Crippen molar-refractivity contribution in [2.24, 2.45) is 17.8 Å². The molecule has 0 radical (unpaired) electrons. The lowest BCUT2D eigenvalue weighted by atomic mass is 9.67. The second-order valence-corrected chi connectivity index (χ2v) is 5.62. The van der Waals surface area contributed by atoms with Crippen molar-refractivity contribution >= 4 is 0 Å². The number of likely N-dealkylation sites (N-methyl/N-ethyl adjacent to an activating group) is 1. The summed E-state index contributed by atoms with van der Waals surface area (Å²) in [6.07, 6.45) is 3.42. The summed E-state index contributed by atoms with van der Waals surface area (Å²) in [7, 11) is 0. The quantitative estimate of drug-likeness (QED) is 0.751. The van der Waals surface area contributed by atoms with Gasteiger partial charge in [0.1, 0.15) is 0 Å². The summed E-state index contributed by atoms with van der Waals surface area (Å²) in [5, 5.41) is 14.1. The lowest BCUT2D eigenvalue weighted by Gasteiger charge is -2.45. The van der Waals surface area contributed by atoms with Crippen molar-refractivity contribution in [2.75, 3.05) is 13.1 Å². The highest BCUT2D eigenvalue weighted by molar-refractivity contribution is 4.94. The normalized spacial score (nSPS) is 37.2. The van der Waals surface area contributed by atoms with E-state index in [4.69, 9.17) is 0 Å². The number of hydrogen-bond donors (Lipinski definition) is 2. The van der Waals surface area contributed by atoms with E-state index in [1.54, 1.807) is 0 Å². The van der Waals surface area contributed by atoms with Crippen molar-refractivity contribution in [3.05, 3.63) is 0 Å². The largest absolute Gasteiger partial charge is 0.388 e. The molecule has 2 heteroatoms. The Morgan fingerprint density at radius 2 is 2.07 bits per heavy atom. The molecule has 0 bridgehead atoms. The van der Waals surface area contributed by atoms with Crippen LogP contribution in [0.3, 0.4) is 0 Å². The van der Waals surface area contributed by atoms with Gasteiger partial charge in [0, 0.05) is 6.54 Å². The molecule has 0 heterocycles. The van der Waals surface area contributed by atoms with E-state index in [1.165, 1.54) is 12.8 Å². The Bertz CT molecular complexity index is 193. The van der Waals surface area contributed by atoms with Crippen molar-refractivity contribution < 1.29 is 5.11 Å². The minimum atomic E-state index is -0.470. The number of nitrogens with one attached hydrogen (secondary N) is 1. The zero-order valence-corrected chi connectivity index (χ0v) is 10.7. The lowest BCUT2D eigenvalue weighted by Crippen LogP contribution is -2.52. The topological polar surface area (TPSA) is 32.3 Å². The molecule has 1 fully saturated rings. The van der Waals surface area contributed by atoms with Gasteiger partial charge < -0.3 is 10.4 Å². The Labute approximate surface area is 94.5 Å². The molecule has 0 aromatic carbocycles. The first-order chi connectivity index (χ1) is 6.99. The Balaban J connectivity index is 2.67. The van der Waals surface area contributed by atoms with E-state index < -0.39 is 5.60 Å². The molecule has 0 aromatic rings. The van der Waals surface area contributed by atoms with Crippen LogP contribution in [0.2, 0.25) is 0 Å². The van der Waals surface area contributed by atoms with Crippen LogP contribution in [0.25, 0.3) is 0 Å². The monoisotopic (exact) mass is 213 g/mol. The van der Waals surface area contributed by atoms with Crippen LogP contribution in [0.4, 0.5) is 0 Å². The highest BCUT2D eigenvalue weighted by atomic mass is 16.3. The molecule has 90 valence electrons. The molecule has 0 amide bonds. The van der Waals surface area contributed by atoms with E-state index >= 15 is 0 Å². The molecular weight excluding hydrogens is 186 g/mol. The molecule has 1 saturated carbocycles. The molecule has 3 atom stereocenters. The van der Waals surface area contributed by atoms with Gasteiger partial charge in [-0.05, 0) is 37.1 Å². The zero-order valence-electron chi connectivity index (χ0n) is 10.7. The average Bonchev–Trinajstić information content (AvgIpc) is 2.14. The molecule has 2 N–H and O–H groups in total. The molecule has 1 aliphatic carbocycles. The first-order valence-electron chi connectivity index (χ1n) is 6.42. The number of rotatable bonds is 4. The molecule has 15 heavy (non-hydrogen) atoms. The average molecular weight is 213 g/mol. The molecule has 0 aliphatic heterocycles. The third-order valence-corrected chi connectivity index (χ3v) is 3.85. The number of hydrogen-bond acceptors (Lipinski definition) is 2. The first kappa shape index (κ1) is 13.0. The van der Waals surface area contributed by atoms with Crippen LogP contribution in [-0.4, -0.2) is 23.8 Å². The van der Waals surface area contributed by atoms with E-state index in [2.05, 4.69) is 33.0 Å². The van der Waals surface area contributed by atoms with Crippen LogP contribution in [-0.2, 0) is 0 Å². The molecule has 2 nitrogen and oxygen atoms in total. The highest BCUT2D eigenvalue weighted by Crippen LogP contribution is 2.40. The molecule has 0 saturated heterocycles. The summed E-state index contributed by atoms with van der Waals surface area (Å²) in [6, 6.07) is 0. The molecule has 0 aromatic heterocycles. The van der Waals surface area contributed by atoms with Crippen LogP contribution in [0.5, 0.6) is 0 Å². The first-order valence-corrected chi connectivity index (χ1v) is 6.42. The van der Waals surface area contributed by atoms with Gasteiger partial charge in [0.25, 0.3) is 0 Å². The van der Waals surface area contributed by atoms with Gasteiger partial charge in [-0.3, -0.25) is 0 Å². The van der Waals surface area contributed by atoms with Crippen LogP contribution < -0.4 is 5.32 Å².